The van der Waals surface area contributed by atoms with E-state index < -0.39 is 0 Å². The summed E-state index contributed by atoms with van der Waals surface area (Å²) in [7, 11) is 0. The molecule has 0 radical (unpaired) electrons. The number of rotatable bonds is 2. The van der Waals surface area contributed by atoms with Gasteiger partial charge in [-0.1, -0.05) is 29.5 Å². The van der Waals surface area contributed by atoms with Gasteiger partial charge in [-0.05, 0) is 49.2 Å². The molecular weight excluding hydrogens is 372 g/mol. The van der Waals surface area contributed by atoms with E-state index in [0.29, 0.717) is 22.0 Å². The number of halogens is 1. The molecule has 0 atom stereocenters. The molecule has 28 heavy (non-hydrogen) atoms. The molecule has 3 N–H and O–H groups in total. The van der Waals surface area contributed by atoms with Crippen LogP contribution in [0.15, 0.2) is 48.7 Å². The summed E-state index contributed by atoms with van der Waals surface area (Å²) < 4.78 is 0. The number of nitrogen functional groups attached to an aromatic ring is 1. The molecule has 1 aromatic heterocycles. The number of hydrogen-bond donors (Lipinski definition) is 2. The Balaban J connectivity index is 1.57. The highest BCUT2D eigenvalue weighted by atomic mass is 35.5. The summed E-state index contributed by atoms with van der Waals surface area (Å²) in [5, 5.41) is 4.37. The third kappa shape index (κ3) is 3.94. The smallest absolute Gasteiger partial charge is 0.265 e. The fourth-order valence-corrected chi connectivity index (χ4v) is 3.38. The Kier molecular flexibility index (Phi) is 5.16. The first-order chi connectivity index (χ1) is 13.6. The average Bonchev–Trinajstić information content (AvgIpc) is 3.20. The second-order valence-corrected chi connectivity index (χ2v) is 7.15. The number of hydrogen-bond acceptors (Lipinski definition) is 4. The quantitative estimate of drug-likeness (QED) is 0.656. The Bertz CT molecular complexity index is 1090. The molecular formula is C22H19ClN4O. The van der Waals surface area contributed by atoms with Gasteiger partial charge in [0.15, 0.2) is 0 Å². The normalized spacial score (nSPS) is 13.9. The molecule has 0 aliphatic carbocycles. The minimum absolute atomic E-state index is 0.0986. The van der Waals surface area contributed by atoms with E-state index in [1.807, 2.05) is 35.3 Å². The van der Waals surface area contributed by atoms with Crippen molar-refractivity contribution in [2.75, 3.05) is 18.8 Å². The number of carbonyl (C=O) groups is 1. The first kappa shape index (κ1) is 18.3. The SMILES string of the molecule is Nc1ncc2ccc(Cl)cc2c1C#Cc1ccc(C(=O)NN2CCCC2)cc1. The van der Waals surface area contributed by atoms with E-state index in [2.05, 4.69) is 22.3 Å². The van der Waals surface area contributed by atoms with Crippen LogP contribution in [0.5, 0.6) is 0 Å². The number of fused-ring (bicyclic) bond motifs is 1. The van der Waals surface area contributed by atoms with Gasteiger partial charge in [-0.15, -0.1) is 0 Å². The molecule has 140 valence electrons. The van der Waals surface area contributed by atoms with Gasteiger partial charge >= 0.3 is 0 Å². The van der Waals surface area contributed by atoms with Crippen molar-refractivity contribution in [1.29, 1.82) is 0 Å². The molecule has 1 aliphatic heterocycles. The molecule has 6 heteroatoms. The molecule has 4 rings (SSSR count). The van der Waals surface area contributed by atoms with Crippen LogP contribution in [0.2, 0.25) is 5.02 Å². The third-order valence-electron chi connectivity index (χ3n) is 4.73. The van der Waals surface area contributed by atoms with Crippen LogP contribution in [0.4, 0.5) is 5.82 Å². The van der Waals surface area contributed by atoms with Gasteiger partial charge in [0.25, 0.3) is 5.91 Å². The Morgan fingerprint density at radius 2 is 1.86 bits per heavy atom. The van der Waals surface area contributed by atoms with Crippen molar-refractivity contribution in [3.8, 4) is 11.8 Å². The van der Waals surface area contributed by atoms with Crippen LogP contribution in [-0.4, -0.2) is 29.0 Å². The lowest BCUT2D eigenvalue weighted by molar-refractivity contribution is 0.0826. The van der Waals surface area contributed by atoms with Gasteiger partial charge in [0.2, 0.25) is 0 Å². The molecule has 1 amide bonds. The van der Waals surface area contributed by atoms with Crippen molar-refractivity contribution in [2.24, 2.45) is 0 Å². The summed E-state index contributed by atoms with van der Waals surface area (Å²) in [6.07, 6.45) is 3.94. The van der Waals surface area contributed by atoms with Crippen molar-refractivity contribution < 1.29 is 4.79 Å². The van der Waals surface area contributed by atoms with Crippen LogP contribution in [0.1, 0.15) is 34.3 Å². The standard InChI is InChI=1S/C22H19ClN4O/c23-18-9-8-17-14-25-21(24)19(20(17)13-18)10-5-15-3-6-16(7-4-15)22(28)26-27-11-1-2-12-27/h3-4,6-9,13-14H,1-2,11-12H2,(H2,24,25)(H,26,28). The van der Waals surface area contributed by atoms with Crippen LogP contribution in [0.25, 0.3) is 10.8 Å². The van der Waals surface area contributed by atoms with Gasteiger partial charge < -0.3 is 5.73 Å². The summed E-state index contributed by atoms with van der Waals surface area (Å²) in [4.78, 5) is 16.5. The van der Waals surface area contributed by atoms with Crippen LogP contribution < -0.4 is 11.2 Å². The second kappa shape index (κ2) is 7.89. The zero-order valence-corrected chi connectivity index (χ0v) is 16.0. The largest absolute Gasteiger partial charge is 0.383 e. The molecule has 1 saturated heterocycles. The van der Waals surface area contributed by atoms with Crippen molar-refractivity contribution in [3.05, 3.63) is 70.4 Å². The topological polar surface area (TPSA) is 71.2 Å². The number of carbonyl (C=O) groups excluding carboxylic acids is 1. The van der Waals surface area contributed by atoms with Crippen LogP contribution in [0, 0.1) is 11.8 Å². The molecule has 5 nitrogen and oxygen atoms in total. The number of benzene rings is 2. The minimum atomic E-state index is -0.0986. The number of nitrogens with two attached hydrogens (primary N) is 1. The maximum absolute atomic E-state index is 12.3. The molecule has 0 saturated carbocycles. The monoisotopic (exact) mass is 390 g/mol. The van der Waals surface area contributed by atoms with Gasteiger partial charge in [0.05, 0.1) is 5.56 Å². The van der Waals surface area contributed by atoms with E-state index in [-0.39, 0.29) is 5.91 Å². The van der Waals surface area contributed by atoms with Gasteiger partial charge in [-0.2, -0.15) is 0 Å². The molecule has 1 fully saturated rings. The van der Waals surface area contributed by atoms with E-state index in [1.165, 1.54) is 0 Å². The van der Waals surface area contributed by atoms with Crippen molar-refractivity contribution in [2.45, 2.75) is 12.8 Å². The highest BCUT2D eigenvalue weighted by Crippen LogP contribution is 2.24. The molecule has 1 aliphatic rings. The maximum Gasteiger partial charge on any atom is 0.265 e. The Morgan fingerprint density at radius 3 is 2.61 bits per heavy atom. The summed E-state index contributed by atoms with van der Waals surface area (Å²) >= 11 is 6.12. The van der Waals surface area contributed by atoms with E-state index in [1.54, 1.807) is 18.3 Å². The summed E-state index contributed by atoms with van der Waals surface area (Å²) in [6, 6.07) is 12.7. The molecule has 0 spiro atoms. The summed E-state index contributed by atoms with van der Waals surface area (Å²) in [5.74, 6) is 6.47. The van der Waals surface area contributed by atoms with Crippen LogP contribution >= 0.6 is 11.6 Å². The van der Waals surface area contributed by atoms with Gasteiger partial charge in [-0.3, -0.25) is 10.2 Å². The van der Waals surface area contributed by atoms with Crippen LogP contribution in [0.3, 0.4) is 0 Å². The number of aromatic nitrogens is 1. The molecule has 0 unspecified atom stereocenters. The fourth-order valence-electron chi connectivity index (χ4n) is 3.21. The Hall–Kier alpha value is -3.07. The van der Waals surface area contributed by atoms with Crippen molar-refractivity contribution >= 4 is 34.1 Å². The summed E-state index contributed by atoms with van der Waals surface area (Å²) in [6.45, 7) is 1.81. The van der Waals surface area contributed by atoms with Crippen molar-refractivity contribution in [3.63, 3.8) is 0 Å². The van der Waals surface area contributed by atoms with E-state index in [9.17, 15) is 4.79 Å². The maximum atomic E-state index is 12.3. The Morgan fingerprint density at radius 1 is 1.11 bits per heavy atom. The predicted octanol–water partition coefficient (Wildman–Crippen LogP) is 3.61. The number of pyridine rings is 1. The van der Waals surface area contributed by atoms with Gasteiger partial charge in [-0.25, -0.2) is 9.99 Å². The lowest BCUT2D eigenvalue weighted by Gasteiger charge is -2.16. The fraction of sp³-hybridized carbons (Fsp3) is 0.182. The zero-order chi connectivity index (χ0) is 19.5. The molecule has 2 aromatic carbocycles. The van der Waals surface area contributed by atoms with Gasteiger partial charge in [0, 0.05) is 46.2 Å². The molecule has 0 bridgehead atoms. The summed E-state index contributed by atoms with van der Waals surface area (Å²) in [5.41, 5.74) is 11.0. The lowest BCUT2D eigenvalue weighted by Crippen LogP contribution is -2.39. The first-order valence-corrected chi connectivity index (χ1v) is 9.50. The van der Waals surface area contributed by atoms with E-state index >= 15 is 0 Å². The molecule has 3 aromatic rings. The number of hydrazine groups is 1. The molecule has 2 heterocycles. The number of nitrogens with one attached hydrogen (secondary N) is 1. The van der Waals surface area contributed by atoms with E-state index in [0.717, 1.165) is 42.3 Å². The highest BCUT2D eigenvalue weighted by molar-refractivity contribution is 6.31. The highest BCUT2D eigenvalue weighted by Gasteiger charge is 2.14. The number of nitrogens with zero attached hydrogens (tertiary/aromatic N) is 2. The average molecular weight is 391 g/mol. The second-order valence-electron chi connectivity index (χ2n) is 6.71. The third-order valence-corrected chi connectivity index (χ3v) is 4.96. The van der Waals surface area contributed by atoms with Gasteiger partial charge in [0.1, 0.15) is 5.82 Å². The number of anilines is 1. The van der Waals surface area contributed by atoms with Crippen molar-refractivity contribution in [1.82, 2.24) is 15.4 Å². The van der Waals surface area contributed by atoms with Crippen LogP contribution in [-0.2, 0) is 0 Å². The first-order valence-electron chi connectivity index (χ1n) is 9.12. The minimum Gasteiger partial charge on any atom is -0.383 e. The Labute approximate surface area is 168 Å². The zero-order valence-electron chi connectivity index (χ0n) is 15.2. The predicted molar refractivity (Wildman–Crippen MR) is 112 cm³/mol. The number of amides is 1. The van der Waals surface area contributed by atoms with E-state index in [4.69, 9.17) is 17.3 Å². The lowest BCUT2D eigenvalue weighted by atomic mass is 10.1.